The summed E-state index contributed by atoms with van der Waals surface area (Å²) in [4.78, 5) is 47.5. The molecule has 0 radical (unpaired) electrons. The molecule has 0 aromatic heterocycles. The molecule has 3 aromatic rings. The SMILES string of the molecule is C=CC(=O)OCCCCOc1ccc(C(=O)Oc2ccc(OC(=O)c3ccc(OCCCCOC(=O)C=C)cc3)c(C(F)(F)F)c2C(F)(F)F)cc1. The van der Waals surface area contributed by atoms with Crippen molar-refractivity contribution >= 4 is 23.9 Å². The average molecular weight is 739 g/mol. The van der Waals surface area contributed by atoms with E-state index in [-0.39, 0.29) is 49.1 Å². The van der Waals surface area contributed by atoms with Gasteiger partial charge in [0.1, 0.15) is 34.1 Å². The highest BCUT2D eigenvalue weighted by Crippen LogP contribution is 2.49. The van der Waals surface area contributed by atoms with Gasteiger partial charge < -0.3 is 28.4 Å². The maximum atomic E-state index is 14.2. The molecule has 0 atom stereocenters. The second kappa shape index (κ2) is 19.0. The Morgan fingerprint density at radius 1 is 0.519 bits per heavy atom. The Bertz CT molecular complexity index is 1590. The van der Waals surface area contributed by atoms with Crippen LogP contribution in [0.2, 0.25) is 0 Å². The van der Waals surface area contributed by atoms with E-state index in [1.165, 1.54) is 24.3 Å². The Morgan fingerprint density at radius 2 is 0.846 bits per heavy atom. The molecule has 0 aliphatic carbocycles. The Morgan fingerprint density at radius 3 is 1.15 bits per heavy atom. The minimum absolute atomic E-state index is 0.143. The number of hydrogen-bond acceptors (Lipinski definition) is 10. The molecule has 0 N–H and O–H groups in total. The van der Waals surface area contributed by atoms with Crippen LogP contribution in [0.5, 0.6) is 23.0 Å². The fourth-order valence-electron chi connectivity index (χ4n) is 4.24. The number of carbonyl (C=O) groups excluding carboxylic acids is 4. The topological polar surface area (TPSA) is 124 Å². The van der Waals surface area contributed by atoms with Crippen LogP contribution in [0, 0.1) is 0 Å². The highest BCUT2D eigenvalue weighted by molar-refractivity contribution is 5.92. The first-order chi connectivity index (χ1) is 24.6. The average Bonchev–Trinajstić information content (AvgIpc) is 3.10. The van der Waals surface area contributed by atoms with Crippen LogP contribution in [-0.4, -0.2) is 50.3 Å². The molecular formula is C36H32F6O10. The van der Waals surface area contributed by atoms with Gasteiger partial charge in [-0.3, -0.25) is 0 Å². The molecule has 0 aliphatic rings. The lowest BCUT2D eigenvalue weighted by atomic mass is 10.0. The number of halogens is 6. The summed E-state index contributed by atoms with van der Waals surface area (Å²) in [5, 5.41) is 0. The van der Waals surface area contributed by atoms with Gasteiger partial charge in [-0.05, 0) is 86.3 Å². The molecule has 278 valence electrons. The quantitative estimate of drug-likeness (QED) is 0.0418. The molecule has 10 nitrogen and oxygen atoms in total. The molecule has 16 heteroatoms. The zero-order valence-corrected chi connectivity index (χ0v) is 27.3. The first-order valence-electron chi connectivity index (χ1n) is 15.4. The smallest absolute Gasteiger partial charge is 0.420 e. The molecule has 3 rings (SSSR count). The van der Waals surface area contributed by atoms with Crippen molar-refractivity contribution < 1.29 is 73.9 Å². The monoisotopic (exact) mass is 738 g/mol. The van der Waals surface area contributed by atoms with Crippen LogP contribution >= 0.6 is 0 Å². The Labute approximate surface area is 293 Å². The van der Waals surface area contributed by atoms with Gasteiger partial charge in [0.15, 0.2) is 0 Å². The van der Waals surface area contributed by atoms with E-state index < -0.39 is 58.9 Å². The van der Waals surface area contributed by atoms with Crippen molar-refractivity contribution in [3.63, 3.8) is 0 Å². The standard InChI is InChI=1S/C36H32F6O10/c1-3-29(43)49-21-7-5-19-47-25-13-9-23(10-14-25)33(45)51-27-17-18-28(32(36(40,41)42)31(27)35(37,38)39)52-34(46)24-11-15-26(16-12-24)48-20-6-8-22-50-30(44)4-2/h3-4,9-18H,1-2,5-8,19-22H2. The van der Waals surface area contributed by atoms with Gasteiger partial charge in [-0.25, -0.2) is 19.2 Å². The second-order valence-electron chi connectivity index (χ2n) is 10.5. The van der Waals surface area contributed by atoms with Crippen LogP contribution in [0.4, 0.5) is 26.3 Å². The first-order valence-corrected chi connectivity index (χ1v) is 15.4. The third kappa shape index (κ3) is 12.5. The van der Waals surface area contributed by atoms with Crippen LogP contribution in [0.25, 0.3) is 0 Å². The van der Waals surface area contributed by atoms with E-state index in [4.69, 9.17) is 28.4 Å². The highest BCUT2D eigenvalue weighted by atomic mass is 19.4. The predicted molar refractivity (Wildman–Crippen MR) is 171 cm³/mol. The van der Waals surface area contributed by atoms with Crippen molar-refractivity contribution in [1.29, 1.82) is 0 Å². The van der Waals surface area contributed by atoms with E-state index in [1.807, 2.05) is 0 Å². The van der Waals surface area contributed by atoms with Gasteiger partial charge in [-0.1, -0.05) is 13.2 Å². The fraction of sp³-hybridized carbons (Fsp3) is 0.278. The fourth-order valence-corrected chi connectivity index (χ4v) is 4.24. The number of unbranched alkanes of at least 4 members (excludes halogenated alkanes) is 2. The highest BCUT2D eigenvalue weighted by Gasteiger charge is 2.49. The van der Waals surface area contributed by atoms with Crippen LogP contribution in [0.1, 0.15) is 57.5 Å². The molecule has 0 amide bonds. The number of ether oxygens (including phenoxy) is 6. The van der Waals surface area contributed by atoms with Gasteiger partial charge in [0, 0.05) is 12.2 Å². The summed E-state index contributed by atoms with van der Waals surface area (Å²) in [6.45, 7) is 7.22. The van der Waals surface area contributed by atoms with Crippen LogP contribution < -0.4 is 18.9 Å². The number of esters is 4. The third-order valence-electron chi connectivity index (χ3n) is 6.72. The summed E-state index contributed by atoms with van der Waals surface area (Å²) >= 11 is 0. The van der Waals surface area contributed by atoms with Crippen molar-refractivity contribution in [2.75, 3.05) is 26.4 Å². The Kier molecular flexibility index (Phi) is 14.8. The summed E-state index contributed by atoms with van der Waals surface area (Å²) in [6, 6.07) is 10.6. The first kappa shape index (κ1) is 40.6. The largest absolute Gasteiger partial charge is 0.494 e. The maximum Gasteiger partial charge on any atom is 0.420 e. The molecule has 0 aliphatic heterocycles. The molecular weight excluding hydrogens is 706 g/mol. The molecule has 0 fully saturated rings. The minimum Gasteiger partial charge on any atom is -0.494 e. The lowest BCUT2D eigenvalue weighted by Crippen LogP contribution is -2.22. The van der Waals surface area contributed by atoms with Crippen LogP contribution in [-0.2, 0) is 31.4 Å². The number of benzene rings is 3. The van der Waals surface area contributed by atoms with Crippen molar-refractivity contribution in [1.82, 2.24) is 0 Å². The molecule has 0 spiro atoms. The van der Waals surface area contributed by atoms with Crippen molar-refractivity contribution in [2.45, 2.75) is 38.0 Å². The Hall–Kier alpha value is -5.80. The van der Waals surface area contributed by atoms with E-state index in [2.05, 4.69) is 13.2 Å². The Balaban J connectivity index is 1.69. The van der Waals surface area contributed by atoms with Gasteiger partial charge in [0.2, 0.25) is 0 Å². The van der Waals surface area contributed by atoms with Crippen molar-refractivity contribution in [3.05, 3.63) is 108 Å². The van der Waals surface area contributed by atoms with Gasteiger partial charge in [-0.15, -0.1) is 0 Å². The van der Waals surface area contributed by atoms with Gasteiger partial charge in [-0.2, -0.15) is 26.3 Å². The number of rotatable bonds is 18. The van der Waals surface area contributed by atoms with Crippen LogP contribution in [0.15, 0.2) is 86.0 Å². The maximum absolute atomic E-state index is 14.2. The molecule has 0 saturated carbocycles. The van der Waals surface area contributed by atoms with Gasteiger partial charge in [0.25, 0.3) is 0 Å². The minimum atomic E-state index is -5.71. The zero-order chi connectivity index (χ0) is 38.3. The van der Waals surface area contributed by atoms with E-state index in [9.17, 15) is 45.5 Å². The summed E-state index contributed by atoms with van der Waals surface area (Å²) in [7, 11) is 0. The molecule has 0 bridgehead atoms. The molecule has 0 saturated heterocycles. The van der Waals surface area contributed by atoms with Crippen molar-refractivity contribution in [3.8, 4) is 23.0 Å². The van der Waals surface area contributed by atoms with E-state index >= 15 is 0 Å². The molecule has 0 heterocycles. The van der Waals surface area contributed by atoms with Crippen molar-refractivity contribution in [2.24, 2.45) is 0 Å². The van der Waals surface area contributed by atoms with E-state index in [0.29, 0.717) is 37.8 Å². The van der Waals surface area contributed by atoms with E-state index in [0.717, 1.165) is 36.4 Å². The molecule has 3 aromatic carbocycles. The lowest BCUT2D eigenvalue weighted by Gasteiger charge is -2.21. The molecule has 0 unspecified atom stereocenters. The summed E-state index contributed by atoms with van der Waals surface area (Å²) in [6.07, 6.45) is -7.44. The number of hydrogen-bond donors (Lipinski definition) is 0. The lowest BCUT2D eigenvalue weighted by molar-refractivity contribution is -0.163. The van der Waals surface area contributed by atoms with Gasteiger partial charge in [0.05, 0.1) is 37.6 Å². The zero-order valence-electron chi connectivity index (χ0n) is 27.3. The van der Waals surface area contributed by atoms with E-state index in [1.54, 1.807) is 0 Å². The second-order valence-corrected chi connectivity index (χ2v) is 10.5. The molecule has 52 heavy (non-hydrogen) atoms. The van der Waals surface area contributed by atoms with Gasteiger partial charge >= 0.3 is 36.2 Å². The summed E-state index contributed by atoms with van der Waals surface area (Å²) in [5.41, 5.74) is -5.36. The third-order valence-corrected chi connectivity index (χ3v) is 6.72. The summed E-state index contributed by atoms with van der Waals surface area (Å²) < 4.78 is 115. The summed E-state index contributed by atoms with van der Waals surface area (Å²) in [5.74, 6) is -6.35. The van der Waals surface area contributed by atoms with Crippen LogP contribution in [0.3, 0.4) is 0 Å². The predicted octanol–water partition coefficient (Wildman–Crippen LogP) is 7.94. The normalized spacial score (nSPS) is 11.2. The number of alkyl halides is 6. The number of carbonyl (C=O) groups is 4.